The van der Waals surface area contributed by atoms with E-state index in [1.54, 1.807) is 14.0 Å². The van der Waals surface area contributed by atoms with Crippen LogP contribution < -0.4 is 29.6 Å². The maximum atomic E-state index is 11.8. The van der Waals surface area contributed by atoms with E-state index in [-0.39, 0.29) is 114 Å². The van der Waals surface area contributed by atoms with Gasteiger partial charge in [-0.15, -0.1) is 0 Å². The van der Waals surface area contributed by atoms with Gasteiger partial charge in [-0.2, -0.15) is 0 Å². The van der Waals surface area contributed by atoms with Crippen molar-refractivity contribution in [1.82, 2.24) is 0 Å². The Balaban J connectivity index is 0.00000523. The molecule has 12 heteroatoms. The predicted molar refractivity (Wildman–Crippen MR) is 189 cm³/mol. The minimum absolute atomic E-state index is 0. The first-order valence-electron chi connectivity index (χ1n) is 20.0. The summed E-state index contributed by atoms with van der Waals surface area (Å²) in [5.41, 5.74) is -1.10. The third-order valence-corrected chi connectivity index (χ3v) is 14.4. The van der Waals surface area contributed by atoms with E-state index in [2.05, 4.69) is 48.5 Å². The molecular formula is C40H68NaO11+. The topological polar surface area (TPSA) is 142 Å². The number of methoxy groups -OCH3 is 1. The molecule has 0 aliphatic carbocycles. The van der Waals surface area contributed by atoms with Crippen LogP contribution >= 0.6 is 0 Å². The third kappa shape index (κ3) is 7.85. The number of hydrogen-bond acceptors (Lipinski definition) is 10. The second-order valence-electron chi connectivity index (χ2n) is 18.4. The summed E-state index contributed by atoms with van der Waals surface area (Å²) in [6, 6.07) is 0. The molecule has 0 radical (unpaired) electrons. The average Bonchev–Trinajstić information content (AvgIpc) is 3.75. The summed E-state index contributed by atoms with van der Waals surface area (Å²) < 4.78 is 47.0. The third-order valence-electron chi connectivity index (χ3n) is 14.4. The molecule has 1 spiro atoms. The second kappa shape index (κ2) is 16.2. The molecule has 52 heavy (non-hydrogen) atoms. The molecule has 0 saturated carbocycles. The smallest absolute Gasteiger partial charge is 0.481 e. The van der Waals surface area contributed by atoms with Gasteiger partial charge in [0.25, 0.3) is 0 Å². The van der Waals surface area contributed by atoms with Gasteiger partial charge >= 0.3 is 35.5 Å². The van der Waals surface area contributed by atoms with Crippen LogP contribution in [0.2, 0.25) is 0 Å². The molecule has 6 aliphatic rings. The Bertz CT molecular complexity index is 1240. The number of carboxylic acid groups (broad SMARTS) is 1. The molecule has 6 rings (SSSR count). The van der Waals surface area contributed by atoms with Crippen LogP contribution in [0.4, 0.5) is 0 Å². The molecule has 0 aromatic rings. The first-order valence-corrected chi connectivity index (χ1v) is 20.0. The number of aliphatic carboxylic acids is 1. The van der Waals surface area contributed by atoms with Crippen LogP contribution in [0, 0.1) is 41.4 Å². The predicted octanol–water partition coefficient (Wildman–Crippen LogP) is 2.71. The van der Waals surface area contributed by atoms with Gasteiger partial charge in [0.1, 0.15) is 0 Å². The number of rotatable bonds is 9. The molecule has 3 N–H and O–H groups in total. The van der Waals surface area contributed by atoms with Gasteiger partial charge in [-0.1, -0.05) is 41.5 Å². The monoisotopic (exact) mass is 747 g/mol. The largest absolute Gasteiger partial charge is 1.00 e. The van der Waals surface area contributed by atoms with Crippen LogP contribution in [0.1, 0.15) is 120 Å². The summed E-state index contributed by atoms with van der Waals surface area (Å²) >= 11 is 0. The maximum Gasteiger partial charge on any atom is 1.00 e. The van der Waals surface area contributed by atoms with E-state index in [0.717, 1.165) is 51.4 Å². The van der Waals surface area contributed by atoms with Gasteiger partial charge < -0.3 is 48.5 Å². The van der Waals surface area contributed by atoms with Gasteiger partial charge in [0.15, 0.2) is 11.6 Å². The quantitative estimate of drug-likeness (QED) is 0.300. The summed E-state index contributed by atoms with van der Waals surface area (Å²) in [6.07, 6.45) is 5.85. The fourth-order valence-electron chi connectivity index (χ4n) is 11.3. The van der Waals surface area contributed by atoms with Gasteiger partial charge in [0.05, 0.1) is 72.6 Å². The van der Waals surface area contributed by atoms with Crippen molar-refractivity contribution in [1.29, 1.82) is 0 Å². The second-order valence-corrected chi connectivity index (χ2v) is 18.4. The molecule has 0 aromatic carbocycles. The van der Waals surface area contributed by atoms with Crippen molar-refractivity contribution < 1.29 is 82.8 Å². The fraction of sp³-hybridized carbons (Fsp3) is 0.975. The summed E-state index contributed by atoms with van der Waals surface area (Å²) in [6.45, 7) is 18.4. The Morgan fingerprint density at radius 3 is 2.23 bits per heavy atom. The normalized spacial score (nSPS) is 53.2. The van der Waals surface area contributed by atoms with Crippen LogP contribution in [0.5, 0.6) is 0 Å². The number of ether oxygens (including phenoxy) is 7. The average molecular weight is 748 g/mol. The van der Waals surface area contributed by atoms with Gasteiger partial charge in [0, 0.05) is 37.7 Å². The number of carbonyl (C=O) groups is 1. The molecular weight excluding hydrogens is 679 g/mol. The van der Waals surface area contributed by atoms with Crippen molar-refractivity contribution in [3.05, 3.63) is 0 Å². The van der Waals surface area contributed by atoms with Gasteiger partial charge in [-0.3, -0.25) is 4.79 Å². The molecule has 6 aliphatic heterocycles. The van der Waals surface area contributed by atoms with E-state index >= 15 is 0 Å². The Morgan fingerprint density at radius 1 is 0.865 bits per heavy atom. The number of aliphatic hydroxyl groups excluding tert-OH is 1. The summed E-state index contributed by atoms with van der Waals surface area (Å²) in [7, 11) is 1.77. The summed E-state index contributed by atoms with van der Waals surface area (Å²) in [4.78, 5) is 11.8. The van der Waals surface area contributed by atoms with Gasteiger partial charge in [-0.25, -0.2) is 0 Å². The van der Waals surface area contributed by atoms with Gasteiger partial charge in [-0.05, 0) is 83.5 Å². The molecule has 19 atom stereocenters. The van der Waals surface area contributed by atoms with E-state index in [4.69, 9.17) is 33.2 Å². The van der Waals surface area contributed by atoms with Crippen molar-refractivity contribution in [3.63, 3.8) is 0 Å². The molecule has 6 heterocycles. The van der Waals surface area contributed by atoms with Crippen molar-refractivity contribution in [2.75, 3.05) is 13.7 Å². The number of carboxylic acids is 1. The molecule has 0 bridgehead atoms. The molecule has 294 valence electrons. The zero-order chi connectivity index (χ0) is 37.3. The van der Waals surface area contributed by atoms with Gasteiger partial charge in [0.2, 0.25) is 0 Å². The Kier molecular flexibility index (Phi) is 13.4. The van der Waals surface area contributed by atoms with Crippen molar-refractivity contribution >= 4 is 5.97 Å². The van der Waals surface area contributed by atoms with Crippen molar-refractivity contribution in [2.45, 2.75) is 192 Å². The zero-order valence-electron chi connectivity index (χ0n) is 33.8. The molecule has 6 saturated heterocycles. The van der Waals surface area contributed by atoms with Crippen molar-refractivity contribution in [2.24, 2.45) is 41.4 Å². The van der Waals surface area contributed by atoms with E-state index in [1.807, 2.05) is 6.92 Å². The maximum absolute atomic E-state index is 11.8. The van der Waals surface area contributed by atoms with Crippen LogP contribution in [-0.4, -0.2) is 107 Å². The van der Waals surface area contributed by atoms with E-state index in [0.29, 0.717) is 6.42 Å². The Morgan fingerprint density at radius 2 is 1.58 bits per heavy atom. The standard InChI is InChI=1S/C40H68O11.Na/c1-21-11-12-28(46-33(21)26(6)36(42)43)17-29-18-30(45-10)27(7)40(48-29)25(5)19-38(9,51-40)32-13-14-37(8,49-32)35-23(3)16-31(47-35)34-22(2)15-24(4)39(44,20-41)50-34;/h21-35,41,44H,11-20H2,1-10H3,(H,42,43);/q;+1/t21-,22-,23-,24+,25+,26+,27+,28+,29+,30+,31+,32+,33+,34-,35+,37-,38-,39-,40+;/m0./s1. The first kappa shape index (κ1) is 43.2. The molecule has 0 amide bonds. The fourth-order valence-corrected chi connectivity index (χ4v) is 11.3. The number of hydrogen-bond donors (Lipinski definition) is 3. The van der Waals surface area contributed by atoms with E-state index in [9.17, 15) is 20.1 Å². The molecule has 0 aromatic heterocycles. The first-order chi connectivity index (χ1) is 23.9. The Hall–Kier alpha value is 0.110. The van der Waals surface area contributed by atoms with Crippen LogP contribution in [0.3, 0.4) is 0 Å². The minimum Gasteiger partial charge on any atom is -0.481 e. The van der Waals surface area contributed by atoms with Crippen LogP contribution in [-0.2, 0) is 38.0 Å². The Labute approximate surface area is 334 Å². The summed E-state index contributed by atoms with van der Waals surface area (Å²) in [5, 5.41) is 30.7. The molecule has 6 fully saturated rings. The molecule has 11 nitrogen and oxygen atoms in total. The number of aliphatic hydroxyl groups is 2. The minimum atomic E-state index is -1.55. The van der Waals surface area contributed by atoms with Crippen molar-refractivity contribution in [3.8, 4) is 0 Å². The summed E-state index contributed by atoms with van der Waals surface area (Å²) in [5.74, 6) is -3.26. The van der Waals surface area contributed by atoms with E-state index in [1.165, 1.54) is 0 Å². The van der Waals surface area contributed by atoms with Crippen LogP contribution in [0.15, 0.2) is 0 Å². The SMILES string of the molecule is CO[C@@H]1C[C@@H](C[C@H]2CC[C@H](C)[C@H]([C@@H](C)C(=O)O)O2)O[C@]2(O[C@](C)([C@H]3CC[C@@](C)([C@@H]4O[C@@H]([C@H]5O[C@@](O)(CO)[C@H](C)C[C@@H]5C)C[C@@H]4C)O3)C[C@H]2C)[C@@H]1C.[Na+]. The molecule has 0 unspecified atom stereocenters. The zero-order valence-corrected chi connectivity index (χ0v) is 35.8. The van der Waals surface area contributed by atoms with E-state index < -0.39 is 41.3 Å². The van der Waals surface area contributed by atoms with Crippen LogP contribution in [0.25, 0.3) is 0 Å².